The van der Waals surface area contributed by atoms with Crippen LogP contribution in [-0.4, -0.2) is 43.3 Å². The molecule has 0 radical (unpaired) electrons. The fraction of sp³-hybridized carbons (Fsp3) is 0.611. The smallest absolute Gasteiger partial charge is 0.321 e. The highest BCUT2D eigenvalue weighted by atomic mass is 32.2. The summed E-state index contributed by atoms with van der Waals surface area (Å²) in [4.78, 5) is 32.8. The average molecular weight is 391 g/mol. The number of aryl methyl sites for hydroxylation is 2. The van der Waals surface area contributed by atoms with Crippen LogP contribution in [0.2, 0.25) is 0 Å². The molecule has 2 aromatic heterocycles. The largest absolute Gasteiger partial charge is 0.335 e. The molecule has 3 atom stereocenters. The second-order valence-electron chi connectivity index (χ2n) is 7.33. The molecule has 9 heteroatoms. The summed E-state index contributed by atoms with van der Waals surface area (Å²) in [7, 11) is 0. The van der Waals surface area contributed by atoms with Crippen LogP contribution in [0, 0.1) is 25.7 Å². The number of rotatable bonds is 4. The van der Waals surface area contributed by atoms with E-state index < -0.39 is 6.03 Å². The summed E-state index contributed by atoms with van der Waals surface area (Å²) < 4.78 is 1.64. The number of amides is 3. The normalized spacial score (nSPS) is 22.6. The Hall–Kier alpha value is -2.16. The standard InChI is InChI=1S/C18H26N6O2S/c1-10-6-5-7-14(13(10)4)20-17(26)21-15(25)9-27-18-22-16-19-11(2)8-12(3)24(16)23-18/h8,10,13-14H,5-7,9H2,1-4H3,(H2,20,21,25,26). The lowest BCUT2D eigenvalue weighted by Gasteiger charge is -2.34. The molecule has 2 N–H and O–H groups in total. The molecule has 0 saturated heterocycles. The van der Waals surface area contributed by atoms with Crippen molar-refractivity contribution in [3.63, 3.8) is 0 Å². The maximum atomic E-state index is 12.1. The van der Waals surface area contributed by atoms with E-state index in [-0.39, 0.29) is 17.7 Å². The van der Waals surface area contributed by atoms with Gasteiger partial charge in [-0.3, -0.25) is 10.1 Å². The topological polar surface area (TPSA) is 101 Å². The lowest BCUT2D eigenvalue weighted by atomic mass is 9.78. The third-order valence-electron chi connectivity index (χ3n) is 5.21. The number of hydrogen-bond acceptors (Lipinski definition) is 6. The van der Waals surface area contributed by atoms with Gasteiger partial charge in [-0.1, -0.05) is 38.5 Å². The van der Waals surface area contributed by atoms with Crippen LogP contribution in [0.15, 0.2) is 11.2 Å². The summed E-state index contributed by atoms with van der Waals surface area (Å²) in [6.45, 7) is 8.18. The van der Waals surface area contributed by atoms with Gasteiger partial charge in [-0.05, 0) is 38.2 Å². The van der Waals surface area contributed by atoms with Crippen molar-refractivity contribution >= 4 is 29.5 Å². The van der Waals surface area contributed by atoms with Gasteiger partial charge >= 0.3 is 6.03 Å². The Morgan fingerprint density at radius 3 is 2.81 bits per heavy atom. The highest BCUT2D eigenvalue weighted by molar-refractivity contribution is 7.99. The first-order valence-corrected chi connectivity index (χ1v) is 10.3. The third kappa shape index (κ3) is 4.77. The van der Waals surface area contributed by atoms with Crippen molar-refractivity contribution in [1.29, 1.82) is 0 Å². The minimum Gasteiger partial charge on any atom is -0.335 e. The van der Waals surface area contributed by atoms with E-state index in [1.165, 1.54) is 18.2 Å². The number of carbonyl (C=O) groups excluding carboxylic acids is 2. The van der Waals surface area contributed by atoms with Gasteiger partial charge in [0, 0.05) is 17.4 Å². The zero-order valence-corrected chi connectivity index (χ0v) is 17.0. The molecule has 1 aliphatic rings. The fourth-order valence-corrected chi connectivity index (χ4v) is 4.11. The molecule has 2 aromatic rings. The Labute approximate surface area is 162 Å². The van der Waals surface area contributed by atoms with Crippen molar-refractivity contribution in [3.05, 3.63) is 17.5 Å². The van der Waals surface area contributed by atoms with Gasteiger partial charge in [0.2, 0.25) is 11.1 Å². The highest BCUT2D eigenvalue weighted by Gasteiger charge is 2.28. The summed E-state index contributed by atoms with van der Waals surface area (Å²) in [5.41, 5.74) is 1.79. The van der Waals surface area contributed by atoms with Gasteiger partial charge in [-0.15, -0.1) is 5.10 Å². The lowest BCUT2D eigenvalue weighted by Crippen LogP contribution is -2.49. The summed E-state index contributed by atoms with van der Waals surface area (Å²) >= 11 is 1.18. The maximum absolute atomic E-state index is 12.1. The Balaban J connectivity index is 1.51. The molecular formula is C18H26N6O2S. The van der Waals surface area contributed by atoms with Crippen LogP contribution in [0.5, 0.6) is 0 Å². The van der Waals surface area contributed by atoms with Crippen LogP contribution in [0.1, 0.15) is 44.5 Å². The van der Waals surface area contributed by atoms with Gasteiger partial charge in [0.25, 0.3) is 5.78 Å². The molecule has 3 unspecified atom stereocenters. The number of urea groups is 1. The summed E-state index contributed by atoms with van der Waals surface area (Å²) in [5, 5.41) is 10.1. The fourth-order valence-electron chi connectivity index (χ4n) is 3.49. The predicted octanol–water partition coefficient (Wildman–Crippen LogP) is 2.48. The van der Waals surface area contributed by atoms with Crippen molar-refractivity contribution in [2.75, 3.05) is 5.75 Å². The van der Waals surface area contributed by atoms with E-state index in [9.17, 15) is 9.59 Å². The second kappa shape index (κ2) is 8.24. The van der Waals surface area contributed by atoms with Gasteiger partial charge in [0.15, 0.2) is 0 Å². The molecule has 0 bridgehead atoms. The van der Waals surface area contributed by atoms with Crippen LogP contribution in [0.25, 0.3) is 5.78 Å². The summed E-state index contributed by atoms with van der Waals surface area (Å²) in [5.74, 6) is 1.20. The average Bonchev–Trinajstić information content (AvgIpc) is 3.00. The maximum Gasteiger partial charge on any atom is 0.321 e. The molecule has 1 saturated carbocycles. The number of fused-ring (bicyclic) bond motifs is 1. The van der Waals surface area contributed by atoms with Crippen LogP contribution >= 0.6 is 11.8 Å². The van der Waals surface area contributed by atoms with E-state index in [2.05, 4.69) is 39.5 Å². The Bertz CT molecular complexity index is 852. The van der Waals surface area contributed by atoms with Gasteiger partial charge in [0.1, 0.15) is 0 Å². The quantitative estimate of drug-likeness (QED) is 0.778. The highest BCUT2D eigenvalue weighted by Crippen LogP contribution is 2.29. The number of hydrogen-bond donors (Lipinski definition) is 2. The monoisotopic (exact) mass is 390 g/mol. The minimum atomic E-state index is -0.428. The second-order valence-corrected chi connectivity index (χ2v) is 8.27. The first-order chi connectivity index (χ1) is 12.8. The molecule has 0 aromatic carbocycles. The molecule has 1 fully saturated rings. The molecule has 146 valence electrons. The van der Waals surface area contributed by atoms with Crippen molar-refractivity contribution in [2.24, 2.45) is 11.8 Å². The number of thioether (sulfide) groups is 1. The van der Waals surface area contributed by atoms with Crippen LogP contribution in [0.3, 0.4) is 0 Å². The van der Waals surface area contributed by atoms with E-state index in [0.717, 1.165) is 24.2 Å². The molecule has 0 aliphatic heterocycles. The van der Waals surface area contributed by atoms with Crippen LogP contribution in [-0.2, 0) is 4.79 Å². The number of imide groups is 1. The van der Waals surface area contributed by atoms with E-state index in [0.29, 0.717) is 22.8 Å². The molecule has 2 heterocycles. The van der Waals surface area contributed by atoms with E-state index >= 15 is 0 Å². The van der Waals surface area contributed by atoms with Crippen molar-refractivity contribution in [2.45, 2.75) is 58.2 Å². The van der Waals surface area contributed by atoms with Crippen LogP contribution < -0.4 is 10.6 Å². The van der Waals surface area contributed by atoms with Gasteiger partial charge in [-0.2, -0.15) is 4.98 Å². The minimum absolute atomic E-state index is 0.0684. The van der Waals surface area contributed by atoms with Crippen LogP contribution in [0.4, 0.5) is 4.79 Å². The summed E-state index contributed by atoms with van der Waals surface area (Å²) in [6.07, 6.45) is 3.25. The summed E-state index contributed by atoms with van der Waals surface area (Å²) in [6, 6.07) is 1.61. The van der Waals surface area contributed by atoms with Crippen molar-refractivity contribution in [1.82, 2.24) is 30.2 Å². The Kier molecular flexibility index (Phi) is 5.98. The number of aromatic nitrogens is 4. The van der Waals surface area contributed by atoms with Crippen molar-refractivity contribution in [3.8, 4) is 0 Å². The number of nitrogens with one attached hydrogen (secondary N) is 2. The first-order valence-electron chi connectivity index (χ1n) is 9.27. The molecule has 3 rings (SSSR count). The number of nitrogens with zero attached hydrogens (tertiary/aromatic N) is 4. The van der Waals surface area contributed by atoms with Gasteiger partial charge in [-0.25, -0.2) is 14.3 Å². The third-order valence-corrected chi connectivity index (χ3v) is 6.05. The Morgan fingerprint density at radius 2 is 2.04 bits per heavy atom. The SMILES string of the molecule is Cc1cc(C)n2nc(SCC(=O)NC(=O)NC3CCCC(C)C3C)nc2n1. The van der Waals surface area contributed by atoms with Gasteiger partial charge in [0.05, 0.1) is 5.75 Å². The lowest BCUT2D eigenvalue weighted by molar-refractivity contribution is -0.117. The Morgan fingerprint density at radius 1 is 1.26 bits per heavy atom. The zero-order valence-electron chi connectivity index (χ0n) is 16.2. The number of carbonyl (C=O) groups is 2. The van der Waals surface area contributed by atoms with E-state index in [1.54, 1.807) is 4.52 Å². The molecular weight excluding hydrogens is 364 g/mol. The molecule has 27 heavy (non-hydrogen) atoms. The van der Waals surface area contributed by atoms with E-state index in [4.69, 9.17) is 0 Å². The molecule has 1 aliphatic carbocycles. The van der Waals surface area contributed by atoms with E-state index in [1.807, 2.05) is 19.9 Å². The van der Waals surface area contributed by atoms with Crippen molar-refractivity contribution < 1.29 is 9.59 Å². The predicted molar refractivity (Wildman–Crippen MR) is 104 cm³/mol. The molecule has 3 amide bonds. The molecule has 0 spiro atoms. The first kappa shape index (κ1) is 19.6. The zero-order chi connectivity index (χ0) is 19.6. The van der Waals surface area contributed by atoms with Gasteiger partial charge < -0.3 is 5.32 Å². The molecule has 8 nitrogen and oxygen atoms in total.